The highest BCUT2D eigenvalue weighted by Crippen LogP contribution is 2.15. The van der Waals surface area contributed by atoms with Gasteiger partial charge in [-0.3, -0.25) is 9.78 Å². The molecule has 0 fully saturated rings. The number of hydrogen-bond acceptors (Lipinski definition) is 5. The Bertz CT molecular complexity index is 774. The van der Waals surface area contributed by atoms with Crippen LogP contribution in [0.1, 0.15) is 10.4 Å². The van der Waals surface area contributed by atoms with Crippen LogP contribution in [-0.2, 0) is 0 Å². The number of pyridine rings is 1. The molecule has 0 aliphatic rings. The molecule has 0 aliphatic heterocycles. The van der Waals surface area contributed by atoms with Crippen molar-refractivity contribution < 1.29 is 4.79 Å². The molecule has 1 N–H and O–H groups in total. The van der Waals surface area contributed by atoms with Crippen molar-refractivity contribution in [3.05, 3.63) is 59.1 Å². The maximum Gasteiger partial charge on any atom is 0.257 e. The SMILES string of the molecule is O=C(Nc1cccc(-n2cnnn2)c1)c1cncc(Br)c1. The third-order valence-electron chi connectivity index (χ3n) is 2.68. The summed E-state index contributed by atoms with van der Waals surface area (Å²) in [5, 5.41) is 13.8. The molecule has 0 spiro atoms. The molecular formula is C13H9BrN6O. The Balaban J connectivity index is 1.82. The first kappa shape index (κ1) is 13.4. The van der Waals surface area contributed by atoms with E-state index in [9.17, 15) is 4.79 Å². The van der Waals surface area contributed by atoms with E-state index in [4.69, 9.17) is 0 Å². The van der Waals surface area contributed by atoms with Crippen LogP contribution in [0.2, 0.25) is 0 Å². The van der Waals surface area contributed by atoms with Gasteiger partial charge in [0.05, 0.1) is 11.3 Å². The van der Waals surface area contributed by atoms with Crippen LogP contribution in [0.15, 0.2) is 53.5 Å². The zero-order chi connectivity index (χ0) is 14.7. The van der Waals surface area contributed by atoms with Gasteiger partial charge in [0, 0.05) is 22.6 Å². The van der Waals surface area contributed by atoms with E-state index in [-0.39, 0.29) is 5.91 Å². The summed E-state index contributed by atoms with van der Waals surface area (Å²) in [7, 11) is 0. The third-order valence-corrected chi connectivity index (χ3v) is 3.12. The van der Waals surface area contributed by atoms with E-state index in [1.165, 1.54) is 17.2 Å². The van der Waals surface area contributed by atoms with E-state index in [0.29, 0.717) is 11.3 Å². The van der Waals surface area contributed by atoms with Crippen molar-refractivity contribution >= 4 is 27.5 Å². The van der Waals surface area contributed by atoms with Gasteiger partial charge < -0.3 is 5.32 Å². The molecule has 1 aromatic carbocycles. The van der Waals surface area contributed by atoms with Crippen LogP contribution in [0.5, 0.6) is 0 Å². The van der Waals surface area contributed by atoms with Crippen LogP contribution in [-0.4, -0.2) is 31.1 Å². The summed E-state index contributed by atoms with van der Waals surface area (Å²) in [5.41, 5.74) is 1.87. The fourth-order valence-electron chi connectivity index (χ4n) is 1.75. The van der Waals surface area contributed by atoms with Crippen LogP contribution in [0, 0.1) is 0 Å². The lowest BCUT2D eigenvalue weighted by Crippen LogP contribution is -2.12. The van der Waals surface area contributed by atoms with Gasteiger partial charge in [0.1, 0.15) is 6.33 Å². The zero-order valence-corrected chi connectivity index (χ0v) is 12.2. The number of nitrogens with one attached hydrogen (secondary N) is 1. The zero-order valence-electron chi connectivity index (χ0n) is 10.6. The first-order chi connectivity index (χ1) is 10.2. The summed E-state index contributed by atoms with van der Waals surface area (Å²) in [6, 6.07) is 8.92. The second-order valence-electron chi connectivity index (χ2n) is 4.15. The molecule has 0 radical (unpaired) electrons. The average Bonchev–Trinajstić information content (AvgIpc) is 3.02. The molecular weight excluding hydrogens is 336 g/mol. The van der Waals surface area contributed by atoms with Crippen LogP contribution in [0.25, 0.3) is 5.69 Å². The van der Waals surface area contributed by atoms with Gasteiger partial charge in [-0.15, -0.1) is 5.10 Å². The van der Waals surface area contributed by atoms with Gasteiger partial charge in [0.15, 0.2) is 0 Å². The molecule has 0 aliphatic carbocycles. The smallest absolute Gasteiger partial charge is 0.257 e. The molecule has 2 aromatic heterocycles. The quantitative estimate of drug-likeness (QED) is 0.785. The first-order valence-electron chi connectivity index (χ1n) is 5.98. The lowest BCUT2D eigenvalue weighted by Gasteiger charge is -2.07. The molecule has 3 aromatic rings. The molecule has 0 atom stereocenters. The van der Waals surface area contributed by atoms with Crippen molar-refractivity contribution in [1.29, 1.82) is 0 Å². The minimum Gasteiger partial charge on any atom is -0.322 e. The van der Waals surface area contributed by atoms with Crippen LogP contribution < -0.4 is 5.32 Å². The summed E-state index contributed by atoms with van der Waals surface area (Å²) in [4.78, 5) is 16.1. The monoisotopic (exact) mass is 344 g/mol. The Hall–Kier alpha value is -2.61. The van der Waals surface area contributed by atoms with Crippen LogP contribution >= 0.6 is 15.9 Å². The Morgan fingerprint density at radius 2 is 2.14 bits per heavy atom. The molecule has 0 saturated heterocycles. The number of hydrogen-bond donors (Lipinski definition) is 1. The molecule has 0 saturated carbocycles. The maximum atomic E-state index is 12.1. The van der Waals surface area contributed by atoms with Gasteiger partial charge in [-0.1, -0.05) is 6.07 Å². The number of nitrogens with zero attached hydrogens (tertiary/aromatic N) is 5. The fourth-order valence-corrected chi connectivity index (χ4v) is 2.11. The molecule has 0 unspecified atom stereocenters. The normalized spacial score (nSPS) is 10.3. The standard InChI is InChI=1S/C13H9BrN6O/c14-10-4-9(6-15-7-10)13(21)17-11-2-1-3-12(5-11)20-8-16-18-19-20/h1-8H,(H,17,21). The summed E-state index contributed by atoms with van der Waals surface area (Å²) >= 11 is 3.29. The van der Waals surface area contributed by atoms with Gasteiger partial charge >= 0.3 is 0 Å². The number of carbonyl (C=O) groups excluding carboxylic acids is 1. The summed E-state index contributed by atoms with van der Waals surface area (Å²) in [6.07, 6.45) is 4.61. The van der Waals surface area contributed by atoms with E-state index in [1.807, 2.05) is 12.1 Å². The highest BCUT2D eigenvalue weighted by Gasteiger charge is 2.08. The van der Waals surface area contributed by atoms with Gasteiger partial charge in [0.2, 0.25) is 0 Å². The molecule has 2 heterocycles. The van der Waals surface area contributed by atoms with E-state index in [2.05, 4.69) is 41.8 Å². The topological polar surface area (TPSA) is 85.6 Å². The Kier molecular flexibility index (Phi) is 3.69. The van der Waals surface area contributed by atoms with Crippen molar-refractivity contribution in [2.24, 2.45) is 0 Å². The van der Waals surface area contributed by atoms with Crippen molar-refractivity contribution in [2.75, 3.05) is 5.32 Å². The number of carbonyl (C=O) groups is 1. The van der Waals surface area contributed by atoms with Gasteiger partial charge in [0.25, 0.3) is 5.91 Å². The number of halogens is 1. The summed E-state index contributed by atoms with van der Waals surface area (Å²) in [6.45, 7) is 0. The Morgan fingerprint density at radius 3 is 2.90 bits per heavy atom. The Morgan fingerprint density at radius 1 is 1.24 bits per heavy atom. The van der Waals surface area contributed by atoms with E-state index in [0.717, 1.165) is 10.2 Å². The molecule has 0 bridgehead atoms. The van der Waals surface area contributed by atoms with E-state index in [1.54, 1.807) is 24.4 Å². The average molecular weight is 345 g/mol. The van der Waals surface area contributed by atoms with Crippen LogP contribution in [0.4, 0.5) is 5.69 Å². The number of tetrazole rings is 1. The minimum absolute atomic E-state index is 0.238. The highest BCUT2D eigenvalue weighted by molar-refractivity contribution is 9.10. The van der Waals surface area contributed by atoms with Gasteiger partial charge in [-0.05, 0) is 50.6 Å². The molecule has 3 rings (SSSR count). The van der Waals surface area contributed by atoms with Crippen molar-refractivity contribution in [1.82, 2.24) is 25.2 Å². The molecule has 8 heteroatoms. The summed E-state index contributed by atoms with van der Waals surface area (Å²) in [5.74, 6) is -0.238. The van der Waals surface area contributed by atoms with Gasteiger partial charge in [-0.2, -0.15) is 0 Å². The summed E-state index contributed by atoms with van der Waals surface area (Å²) < 4.78 is 2.26. The van der Waals surface area contributed by atoms with Gasteiger partial charge in [-0.25, -0.2) is 4.68 Å². The molecule has 104 valence electrons. The van der Waals surface area contributed by atoms with E-state index >= 15 is 0 Å². The number of anilines is 1. The molecule has 1 amide bonds. The largest absolute Gasteiger partial charge is 0.322 e. The molecule has 7 nitrogen and oxygen atoms in total. The number of rotatable bonds is 3. The number of aromatic nitrogens is 5. The minimum atomic E-state index is -0.238. The van der Waals surface area contributed by atoms with Crippen molar-refractivity contribution in [3.63, 3.8) is 0 Å². The number of benzene rings is 1. The third kappa shape index (κ3) is 3.11. The molecule has 21 heavy (non-hydrogen) atoms. The second-order valence-corrected chi connectivity index (χ2v) is 5.07. The lowest BCUT2D eigenvalue weighted by molar-refractivity contribution is 0.102. The van der Waals surface area contributed by atoms with E-state index < -0.39 is 0 Å². The fraction of sp³-hybridized carbons (Fsp3) is 0. The van der Waals surface area contributed by atoms with Crippen LogP contribution in [0.3, 0.4) is 0 Å². The number of amides is 1. The van der Waals surface area contributed by atoms with Crippen molar-refractivity contribution in [2.45, 2.75) is 0 Å². The maximum absolute atomic E-state index is 12.1. The predicted octanol–water partition coefficient (Wildman–Crippen LogP) is 2.07. The van der Waals surface area contributed by atoms with Crippen molar-refractivity contribution in [3.8, 4) is 5.69 Å². The lowest BCUT2D eigenvalue weighted by atomic mass is 10.2. The predicted molar refractivity (Wildman–Crippen MR) is 79.0 cm³/mol. The highest BCUT2D eigenvalue weighted by atomic mass is 79.9. The Labute approximate surface area is 128 Å². The second kappa shape index (κ2) is 5.80. The first-order valence-corrected chi connectivity index (χ1v) is 6.77.